The first kappa shape index (κ1) is 14.4. The van der Waals surface area contributed by atoms with Crippen molar-refractivity contribution in [3.63, 3.8) is 0 Å². The zero-order valence-electron chi connectivity index (χ0n) is 12.3. The molecule has 3 nitrogen and oxygen atoms in total. The van der Waals surface area contributed by atoms with Gasteiger partial charge < -0.3 is 5.73 Å². The van der Waals surface area contributed by atoms with E-state index in [-0.39, 0.29) is 0 Å². The Labute approximate surface area is 132 Å². The van der Waals surface area contributed by atoms with E-state index in [0.717, 1.165) is 21.0 Å². The molecule has 2 heterocycles. The Kier molecular flexibility index (Phi) is 3.87. The van der Waals surface area contributed by atoms with Crippen LogP contribution < -0.4 is 5.73 Å². The lowest BCUT2D eigenvalue weighted by molar-refractivity contribution is 1.12. The number of thiophene rings is 1. The Hall–Kier alpha value is -1.59. The third-order valence-electron chi connectivity index (χ3n) is 3.16. The Balaban J connectivity index is 1.91. The quantitative estimate of drug-likeness (QED) is 0.571. The van der Waals surface area contributed by atoms with Gasteiger partial charge in [0, 0.05) is 16.0 Å². The molecule has 0 aliphatic rings. The lowest BCUT2D eigenvalue weighted by Gasteiger charge is -2.06. The molecular weight excluding hydrogens is 298 g/mol. The summed E-state index contributed by atoms with van der Waals surface area (Å²) in [4.78, 5) is 10.9. The van der Waals surface area contributed by atoms with Crippen molar-refractivity contribution in [1.82, 2.24) is 9.97 Å². The standard InChI is InChI=1S/C16H17N3S2/c1-9-4-10(2)6-12(5-9)8-20-14-13-7-11(3)21-15(13)19-16(17)18-14/h4-7H,8H2,1-3H3,(H2,17,18,19). The SMILES string of the molecule is Cc1cc(C)cc(CSc2nc(N)nc3sc(C)cc23)c1. The number of nitrogens with two attached hydrogens (primary N) is 1. The van der Waals surface area contributed by atoms with Crippen LogP contribution in [-0.4, -0.2) is 9.97 Å². The molecule has 0 fully saturated rings. The van der Waals surface area contributed by atoms with E-state index in [1.165, 1.54) is 21.6 Å². The molecule has 108 valence electrons. The summed E-state index contributed by atoms with van der Waals surface area (Å²) in [7, 11) is 0. The number of fused-ring (bicyclic) bond motifs is 1. The molecule has 0 amide bonds. The lowest BCUT2D eigenvalue weighted by Crippen LogP contribution is -1.96. The second kappa shape index (κ2) is 5.66. The highest BCUT2D eigenvalue weighted by Gasteiger charge is 2.10. The predicted molar refractivity (Wildman–Crippen MR) is 92.0 cm³/mol. The van der Waals surface area contributed by atoms with Gasteiger partial charge in [0.05, 0.1) is 0 Å². The lowest BCUT2D eigenvalue weighted by atomic mass is 10.1. The van der Waals surface area contributed by atoms with Crippen LogP contribution in [0.25, 0.3) is 10.2 Å². The highest BCUT2D eigenvalue weighted by Crippen LogP contribution is 2.33. The van der Waals surface area contributed by atoms with Crippen molar-refractivity contribution < 1.29 is 0 Å². The van der Waals surface area contributed by atoms with Crippen molar-refractivity contribution in [2.45, 2.75) is 31.6 Å². The van der Waals surface area contributed by atoms with Crippen molar-refractivity contribution in [1.29, 1.82) is 0 Å². The van der Waals surface area contributed by atoms with Crippen LogP contribution in [0.4, 0.5) is 5.95 Å². The van der Waals surface area contributed by atoms with Crippen molar-refractivity contribution >= 4 is 39.3 Å². The van der Waals surface area contributed by atoms with E-state index in [1.807, 2.05) is 0 Å². The predicted octanol–water partition coefficient (Wildman–Crippen LogP) is 4.49. The minimum atomic E-state index is 0.354. The fraction of sp³-hybridized carbons (Fsp3) is 0.250. The molecule has 0 radical (unpaired) electrons. The molecule has 0 spiro atoms. The fourth-order valence-electron chi connectivity index (χ4n) is 2.45. The normalized spacial score (nSPS) is 11.2. The van der Waals surface area contributed by atoms with Crippen LogP contribution >= 0.6 is 23.1 Å². The van der Waals surface area contributed by atoms with Gasteiger partial charge in [0.25, 0.3) is 0 Å². The number of hydrogen-bond donors (Lipinski definition) is 1. The van der Waals surface area contributed by atoms with Crippen molar-refractivity contribution in [2.75, 3.05) is 5.73 Å². The number of nitrogens with zero attached hydrogens (tertiary/aromatic N) is 2. The smallest absolute Gasteiger partial charge is 0.222 e. The van der Waals surface area contributed by atoms with E-state index in [0.29, 0.717) is 5.95 Å². The number of aromatic nitrogens is 2. The van der Waals surface area contributed by atoms with Gasteiger partial charge in [0.1, 0.15) is 9.86 Å². The van der Waals surface area contributed by atoms with E-state index in [2.05, 4.69) is 55.0 Å². The van der Waals surface area contributed by atoms with Gasteiger partial charge in [-0.15, -0.1) is 23.1 Å². The maximum absolute atomic E-state index is 5.82. The number of aryl methyl sites for hydroxylation is 3. The average Bonchev–Trinajstić information content (AvgIpc) is 2.75. The number of nitrogen functional groups attached to an aromatic ring is 1. The van der Waals surface area contributed by atoms with Gasteiger partial charge >= 0.3 is 0 Å². The Morgan fingerprint density at radius 3 is 2.48 bits per heavy atom. The van der Waals surface area contributed by atoms with Crippen molar-refractivity contribution in [3.8, 4) is 0 Å². The van der Waals surface area contributed by atoms with Crippen LogP contribution in [0.2, 0.25) is 0 Å². The molecule has 0 saturated carbocycles. The van der Waals surface area contributed by atoms with Gasteiger partial charge in [0.2, 0.25) is 5.95 Å². The average molecular weight is 315 g/mol. The van der Waals surface area contributed by atoms with Crippen LogP contribution in [0.3, 0.4) is 0 Å². The first-order valence-corrected chi connectivity index (χ1v) is 8.55. The minimum absolute atomic E-state index is 0.354. The summed E-state index contributed by atoms with van der Waals surface area (Å²) in [5.74, 6) is 1.25. The van der Waals surface area contributed by atoms with E-state index in [1.54, 1.807) is 23.1 Å². The van der Waals surface area contributed by atoms with E-state index in [9.17, 15) is 0 Å². The molecule has 0 bridgehead atoms. The number of hydrogen-bond acceptors (Lipinski definition) is 5. The Bertz CT molecular complexity index is 788. The summed E-state index contributed by atoms with van der Waals surface area (Å²) in [5.41, 5.74) is 9.73. The van der Waals surface area contributed by atoms with Gasteiger partial charge in [-0.1, -0.05) is 29.3 Å². The number of rotatable bonds is 3. The summed E-state index contributed by atoms with van der Waals surface area (Å²) in [6, 6.07) is 8.78. The second-order valence-corrected chi connectivity index (χ2v) is 7.45. The van der Waals surface area contributed by atoms with Gasteiger partial charge in [-0.25, -0.2) is 9.97 Å². The third-order valence-corrected chi connectivity index (χ3v) is 5.16. The summed E-state index contributed by atoms with van der Waals surface area (Å²) in [6.45, 7) is 6.34. The molecule has 2 aromatic heterocycles. The first-order chi connectivity index (χ1) is 10.0. The maximum Gasteiger partial charge on any atom is 0.222 e. The molecule has 0 aliphatic carbocycles. The zero-order chi connectivity index (χ0) is 15.0. The van der Waals surface area contributed by atoms with Crippen molar-refractivity contribution in [3.05, 3.63) is 45.8 Å². The van der Waals surface area contributed by atoms with Crippen LogP contribution in [0, 0.1) is 20.8 Å². The fourth-order valence-corrected chi connectivity index (χ4v) is 4.34. The minimum Gasteiger partial charge on any atom is -0.368 e. The summed E-state index contributed by atoms with van der Waals surface area (Å²) in [6.07, 6.45) is 0. The van der Waals surface area contributed by atoms with E-state index in [4.69, 9.17) is 5.73 Å². The van der Waals surface area contributed by atoms with Crippen LogP contribution in [0.1, 0.15) is 21.6 Å². The molecule has 3 rings (SSSR count). The molecule has 1 aromatic carbocycles. The van der Waals surface area contributed by atoms with Crippen molar-refractivity contribution in [2.24, 2.45) is 0 Å². The molecule has 0 unspecified atom stereocenters. The summed E-state index contributed by atoms with van der Waals surface area (Å²) in [5, 5.41) is 2.09. The van der Waals surface area contributed by atoms with E-state index >= 15 is 0 Å². The van der Waals surface area contributed by atoms with Gasteiger partial charge in [0.15, 0.2) is 0 Å². The molecule has 0 atom stereocenters. The highest BCUT2D eigenvalue weighted by atomic mass is 32.2. The molecule has 5 heteroatoms. The molecule has 0 saturated heterocycles. The highest BCUT2D eigenvalue weighted by molar-refractivity contribution is 7.98. The second-order valence-electron chi connectivity index (χ2n) is 5.25. The maximum atomic E-state index is 5.82. The summed E-state index contributed by atoms with van der Waals surface area (Å²) < 4.78 is 0. The zero-order valence-corrected chi connectivity index (χ0v) is 13.9. The first-order valence-electron chi connectivity index (χ1n) is 6.75. The number of benzene rings is 1. The van der Waals surface area contributed by atoms with Gasteiger partial charge in [-0.3, -0.25) is 0 Å². The molecule has 2 N–H and O–H groups in total. The van der Waals surface area contributed by atoms with E-state index < -0.39 is 0 Å². The largest absolute Gasteiger partial charge is 0.368 e. The molecule has 0 aliphatic heterocycles. The number of anilines is 1. The molecule has 21 heavy (non-hydrogen) atoms. The van der Waals surface area contributed by atoms with Gasteiger partial charge in [-0.2, -0.15) is 0 Å². The summed E-state index contributed by atoms with van der Waals surface area (Å²) >= 11 is 3.39. The Morgan fingerprint density at radius 1 is 1.05 bits per heavy atom. The number of thioether (sulfide) groups is 1. The Morgan fingerprint density at radius 2 is 1.76 bits per heavy atom. The van der Waals surface area contributed by atoms with Crippen LogP contribution in [0.15, 0.2) is 29.3 Å². The monoisotopic (exact) mass is 315 g/mol. The molecule has 3 aromatic rings. The van der Waals surface area contributed by atoms with Crippen LogP contribution in [-0.2, 0) is 5.75 Å². The topological polar surface area (TPSA) is 51.8 Å². The van der Waals surface area contributed by atoms with Crippen LogP contribution in [0.5, 0.6) is 0 Å². The van der Waals surface area contributed by atoms with Gasteiger partial charge in [-0.05, 0) is 32.4 Å². The molecular formula is C16H17N3S2. The third kappa shape index (κ3) is 3.19.